The van der Waals surface area contributed by atoms with E-state index in [-0.39, 0.29) is 6.71 Å². The van der Waals surface area contributed by atoms with E-state index >= 15 is 0 Å². The monoisotopic (exact) mass is 433 g/mol. The first-order valence-corrected chi connectivity index (χ1v) is 11.8. The molecular formula is C31H20BNO. The highest BCUT2D eigenvalue weighted by Gasteiger charge is 2.41. The van der Waals surface area contributed by atoms with Gasteiger partial charge in [0.2, 0.25) is 0 Å². The maximum absolute atomic E-state index is 6.86. The van der Waals surface area contributed by atoms with Crippen molar-refractivity contribution in [3.8, 4) is 28.3 Å². The van der Waals surface area contributed by atoms with Gasteiger partial charge in [-0.2, -0.15) is 0 Å². The average molecular weight is 433 g/mol. The van der Waals surface area contributed by atoms with Crippen LogP contribution in [0, 0.1) is 6.92 Å². The zero-order chi connectivity index (χ0) is 22.4. The van der Waals surface area contributed by atoms with Gasteiger partial charge in [-0.1, -0.05) is 84.9 Å². The van der Waals surface area contributed by atoms with Gasteiger partial charge in [-0.05, 0) is 52.6 Å². The summed E-state index contributed by atoms with van der Waals surface area (Å²) < 4.78 is 9.31. The van der Waals surface area contributed by atoms with Crippen LogP contribution in [0.5, 0.6) is 11.5 Å². The van der Waals surface area contributed by atoms with Crippen molar-refractivity contribution in [2.75, 3.05) is 0 Å². The molecule has 3 heteroatoms. The number of benzene rings is 5. The van der Waals surface area contributed by atoms with E-state index in [2.05, 4.69) is 115 Å². The van der Waals surface area contributed by atoms with Gasteiger partial charge >= 0.3 is 0 Å². The summed E-state index contributed by atoms with van der Waals surface area (Å²) in [6.07, 6.45) is 0. The molecule has 8 rings (SSSR count). The van der Waals surface area contributed by atoms with Crippen LogP contribution in [0.25, 0.3) is 38.6 Å². The lowest BCUT2D eigenvalue weighted by atomic mass is 9.34. The fraction of sp³-hybridized carbons (Fsp3) is 0.0323. The maximum atomic E-state index is 6.86. The Hall–Kier alpha value is -4.24. The molecule has 5 aromatic carbocycles. The first-order valence-electron chi connectivity index (χ1n) is 11.8. The zero-order valence-corrected chi connectivity index (χ0v) is 18.7. The summed E-state index contributed by atoms with van der Waals surface area (Å²) in [7, 11) is 0. The van der Waals surface area contributed by atoms with Gasteiger partial charge in [-0.25, -0.2) is 0 Å². The largest absolute Gasteiger partial charge is 0.457 e. The van der Waals surface area contributed by atoms with E-state index in [1.165, 1.54) is 55.0 Å². The SMILES string of the molecule is Cc1cc2c3ccccc3n3c2c2c1Oc1c(cccc1-c1ccccc1)B2c1ccccc1-3. The molecule has 0 atom stereocenters. The standard InChI is InChI=1S/C31H20BNO/c1-19-18-23-22-12-5-7-16-26(22)33-27-17-8-6-14-24(27)32-25-15-9-13-21(20-10-3-2-4-11-20)31(25)34-30(19)28(32)29(23)33/h2-18H,1H3. The lowest BCUT2D eigenvalue weighted by Gasteiger charge is -2.34. The quantitative estimate of drug-likeness (QED) is 0.303. The lowest BCUT2D eigenvalue weighted by molar-refractivity contribution is 0.486. The number of ether oxygens (including phenoxy) is 1. The third-order valence-corrected chi connectivity index (χ3v) is 7.56. The van der Waals surface area contributed by atoms with Gasteiger partial charge in [0.1, 0.15) is 11.5 Å². The third-order valence-electron chi connectivity index (χ3n) is 7.56. The molecule has 34 heavy (non-hydrogen) atoms. The van der Waals surface area contributed by atoms with E-state index in [1.54, 1.807) is 0 Å². The minimum atomic E-state index is 0.137. The van der Waals surface area contributed by atoms with Gasteiger partial charge in [-0.15, -0.1) is 0 Å². The fourth-order valence-corrected chi connectivity index (χ4v) is 6.19. The second-order valence-electron chi connectivity index (χ2n) is 9.37. The Morgan fingerprint density at radius 1 is 0.676 bits per heavy atom. The minimum absolute atomic E-state index is 0.137. The van der Waals surface area contributed by atoms with Crippen molar-refractivity contribution in [1.82, 2.24) is 4.57 Å². The molecule has 0 fully saturated rings. The molecule has 0 radical (unpaired) electrons. The van der Waals surface area contributed by atoms with Gasteiger partial charge < -0.3 is 9.30 Å². The van der Waals surface area contributed by atoms with Crippen molar-refractivity contribution in [3.05, 3.63) is 109 Å². The van der Waals surface area contributed by atoms with Crippen LogP contribution in [-0.4, -0.2) is 11.3 Å². The van der Waals surface area contributed by atoms with Crippen LogP contribution in [0.3, 0.4) is 0 Å². The normalized spacial score (nSPS) is 13.0. The highest BCUT2D eigenvalue weighted by molar-refractivity contribution is 6.99. The van der Waals surface area contributed by atoms with E-state index in [4.69, 9.17) is 4.74 Å². The van der Waals surface area contributed by atoms with Crippen LogP contribution in [-0.2, 0) is 0 Å². The molecule has 0 saturated heterocycles. The van der Waals surface area contributed by atoms with E-state index in [9.17, 15) is 0 Å². The Kier molecular flexibility index (Phi) is 3.44. The fourth-order valence-electron chi connectivity index (χ4n) is 6.19. The van der Waals surface area contributed by atoms with Gasteiger partial charge in [0.05, 0.1) is 11.0 Å². The number of nitrogens with zero attached hydrogens (tertiary/aromatic N) is 1. The van der Waals surface area contributed by atoms with Crippen molar-refractivity contribution in [3.63, 3.8) is 0 Å². The van der Waals surface area contributed by atoms with Crippen molar-refractivity contribution < 1.29 is 4.74 Å². The first-order chi connectivity index (χ1) is 16.8. The molecule has 2 aliphatic heterocycles. The molecule has 0 spiro atoms. The molecule has 1 aromatic heterocycles. The summed E-state index contributed by atoms with van der Waals surface area (Å²) in [5.41, 5.74) is 11.2. The summed E-state index contributed by atoms with van der Waals surface area (Å²) in [6, 6.07) is 37.1. The number of hydrogen-bond donors (Lipinski definition) is 0. The van der Waals surface area contributed by atoms with Crippen molar-refractivity contribution in [2.45, 2.75) is 6.92 Å². The molecule has 0 bridgehead atoms. The van der Waals surface area contributed by atoms with Gasteiger partial charge in [0.15, 0.2) is 0 Å². The Balaban J connectivity index is 1.56. The highest BCUT2D eigenvalue weighted by Crippen LogP contribution is 2.42. The number of hydrogen-bond acceptors (Lipinski definition) is 1. The summed E-state index contributed by atoms with van der Waals surface area (Å²) in [5, 5.41) is 2.60. The third kappa shape index (κ3) is 2.17. The topological polar surface area (TPSA) is 14.2 Å². The van der Waals surface area contributed by atoms with Gasteiger partial charge in [-0.3, -0.25) is 0 Å². The number of para-hydroxylation sites is 3. The molecule has 6 aromatic rings. The molecule has 2 aliphatic rings. The van der Waals surface area contributed by atoms with Crippen molar-refractivity contribution in [2.24, 2.45) is 0 Å². The molecule has 0 amide bonds. The Morgan fingerprint density at radius 2 is 1.44 bits per heavy atom. The number of rotatable bonds is 1. The molecule has 0 aliphatic carbocycles. The summed E-state index contributed by atoms with van der Waals surface area (Å²) in [6.45, 7) is 2.32. The van der Waals surface area contributed by atoms with E-state index in [1.807, 2.05) is 0 Å². The molecular weight excluding hydrogens is 413 g/mol. The Labute approximate surface area is 198 Å². The van der Waals surface area contributed by atoms with Crippen molar-refractivity contribution in [1.29, 1.82) is 0 Å². The van der Waals surface area contributed by atoms with Crippen LogP contribution < -0.4 is 21.1 Å². The average Bonchev–Trinajstić information content (AvgIpc) is 3.23. The second kappa shape index (κ2) is 6.42. The van der Waals surface area contributed by atoms with Crippen LogP contribution >= 0.6 is 0 Å². The van der Waals surface area contributed by atoms with E-state index < -0.39 is 0 Å². The minimum Gasteiger partial charge on any atom is -0.457 e. The molecule has 0 N–H and O–H groups in total. The predicted octanol–water partition coefficient (Wildman–Crippen LogP) is 5.69. The highest BCUT2D eigenvalue weighted by atomic mass is 16.5. The summed E-state index contributed by atoms with van der Waals surface area (Å²) in [5.74, 6) is 1.99. The van der Waals surface area contributed by atoms with E-state index in [0.29, 0.717) is 0 Å². The van der Waals surface area contributed by atoms with Crippen LogP contribution in [0.4, 0.5) is 0 Å². The lowest BCUT2D eigenvalue weighted by Crippen LogP contribution is -2.58. The molecule has 3 heterocycles. The molecule has 158 valence electrons. The van der Waals surface area contributed by atoms with E-state index in [0.717, 1.165) is 17.1 Å². The molecule has 0 unspecified atom stereocenters. The summed E-state index contributed by atoms with van der Waals surface area (Å²) in [4.78, 5) is 0. The predicted molar refractivity (Wildman–Crippen MR) is 142 cm³/mol. The second-order valence-corrected chi connectivity index (χ2v) is 9.37. The first kappa shape index (κ1) is 18.2. The number of aromatic nitrogens is 1. The molecule has 0 saturated carbocycles. The van der Waals surface area contributed by atoms with Crippen LogP contribution in [0.15, 0.2) is 103 Å². The summed E-state index contributed by atoms with van der Waals surface area (Å²) >= 11 is 0. The maximum Gasteiger partial charge on any atom is 0.256 e. The number of fused-ring (bicyclic) bond motifs is 8. The number of aryl methyl sites for hydroxylation is 1. The van der Waals surface area contributed by atoms with Gasteiger partial charge in [0.25, 0.3) is 6.71 Å². The smallest absolute Gasteiger partial charge is 0.256 e. The van der Waals surface area contributed by atoms with Crippen LogP contribution in [0.1, 0.15) is 5.56 Å². The molecule has 2 nitrogen and oxygen atoms in total. The zero-order valence-electron chi connectivity index (χ0n) is 18.7. The Bertz CT molecular complexity index is 1800. The Morgan fingerprint density at radius 3 is 2.35 bits per heavy atom. The van der Waals surface area contributed by atoms with Gasteiger partial charge in [0, 0.05) is 22.0 Å². The van der Waals surface area contributed by atoms with Crippen molar-refractivity contribution >= 4 is 44.9 Å². The van der Waals surface area contributed by atoms with Crippen LogP contribution in [0.2, 0.25) is 0 Å².